The van der Waals surface area contributed by atoms with E-state index < -0.39 is 0 Å². The highest BCUT2D eigenvalue weighted by molar-refractivity contribution is 8.00. The Morgan fingerprint density at radius 2 is 2.25 bits per heavy atom. The Hall–Kier alpha value is -0.810. The second-order valence-corrected chi connectivity index (χ2v) is 5.21. The van der Waals surface area contributed by atoms with Crippen molar-refractivity contribution in [3.05, 3.63) is 17.5 Å². The monoisotopic (exact) mass is 257 g/mol. The minimum Gasteiger partial charge on any atom is -0.307 e. The molecule has 86 valence electrons. The molecule has 1 fully saturated rings. The zero-order valence-electron chi connectivity index (χ0n) is 8.65. The zero-order chi connectivity index (χ0) is 11.4. The van der Waals surface area contributed by atoms with E-state index in [1.165, 1.54) is 18.8 Å². The lowest BCUT2D eigenvalue weighted by atomic mass is 10.2. The molecule has 2 heterocycles. The number of carbonyl (C=O) groups is 1. The van der Waals surface area contributed by atoms with Gasteiger partial charge in [0.25, 0.3) is 0 Å². The molecule has 1 saturated heterocycles. The first-order valence-electron chi connectivity index (χ1n) is 5.16. The molecule has 1 aliphatic heterocycles. The third-order valence-corrected chi connectivity index (χ3v) is 4.02. The van der Waals surface area contributed by atoms with Gasteiger partial charge in [0, 0.05) is 12.4 Å². The second kappa shape index (κ2) is 5.50. The van der Waals surface area contributed by atoms with E-state index in [0.29, 0.717) is 5.82 Å². The van der Waals surface area contributed by atoms with Crippen molar-refractivity contribution in [3.8, 4) is 0 Å². The summed E-state index contributed by atoms with van der Waals surface area (Å²) < 4.78 is 0. The van der Waals surface area contributed by atoms with Gasteiger partial charge in [0.05, 0.1) is 5.25 Å². The minimum atomic E-state index is -0.0212. The van der Waals surface area contributed by atoms with E-state index in [9.17, 15) is 4.79 Å². The highest BCUT2D eigenvalue weighted by atomic mass is 35.5. The summed E-state index contributed by atoms with van der Waals surface area (Å²) >= 11 is 7.51. The smallest absolute Gasteiger partial charge is 0.238 e. The van der Waals surface area contributed by atoms with Gasteiger partial charge >= 0.3 is 0 Å². The molecule has 6 heteroatoms. The molecule has 1 atom stereocenters. The Bertz CT molecular complexity index is 382. The summed E-state index contributed by atoms with van der Waals surface area (Å²) in [4.78, 5) is 19.7. The average Bonchev–Trinajstić information content (AvgIpc) is 2.33. The summed E-state index contributed by atoms with van der Waals surface area (Å²) in [6, 6.07) is 0. The largest absolute Gasteiger partial charge is 0.307 e. The quantitative estimate of drug-likeness (QED) is 0.884. The van der Waals surface area contributed by atoms with E-state index in [1.54, 1.807) is 11.8 Å². The van der Waals surface area contributed by atoms with Crippen molar-refractivity contribution in [1.29, 1.82) is 0 Å². The van der Waals surface area contributed by atoms with E-state index in [4.69, 9.17) is 11.6 Å². The number of rotatable bonds is 2. The SMILES string of the molecule is O=C(Nc1nccnc1Cl)C1CCCCS1. The topological polar surface area (TPSA) is 54.9 Å². The lowest BCUT2D eigenvalue weighted by Gasteiger charge is -2.20. The number of nitrogens with zero attached hydrogens (tertiary/aromatic N) is 2. The number of thioether (sulfide) groups is 1. The van der Waals surface area contributed by atoms with E-state index >= 15 is 0 Å². The van der Waals surface area contributed by atoms with Crippen molar-refractivity contribution in [3.63, 3.8) is 0 Å². The molecule has 0 radical (unpaired) electrons. The van der Waals surface area contributed by atoms with Crippen LogP contribution in [0.2, 0.25) is 5.15 Å². The highest BCUT2D eigenvalue weighted by Gasteiger charge is 2.22. The number of amides is 1. The maximum atomic E-state index is 11.9. The number of nitrogens with one attached hydrogen (secondary N) is 1. The van der Waals surface area contributed by atoms with Crippen LogP contribution >= 0.6 is 23.4 Å². The second-order valence-electron chi connectivity index (χ2n) is 3.54. The lowest BCUT2D eigenvalue weighted by molar-refractivity contribution is -0.115. The summed E-state index contributed by atoms with van der Waals surface area (Å²) in [5.41, 5.74) is 0. The standard InChI is InChI=1S/C10H12ClN3OS/c11-8-9(13-5-4-12-8)14-10(15)7-3-1-2-6-16-7/h4-5,7H,1-3,6H2,(H,13,14,15). The molecule has 0 aromatic carbocycles. The molecular formula is C10H12ClN3OS. The molecule has 1 aliphatic rings. The molecule has 0 aliphatic carbocycles. The molecule has 4 nitrogen and oxygen atoms in total. The Balaban J connectivity index is 1.99. The van der Waals surface area contributed by atoms with Crippen LogP contribution in [0.1, 0.15) is 19.3 Å². The molecule has 0 saturated carbocycles. The molecule has 0 spiro atoms. The fourth-order valence-electron chi connectivity index (χ4n) is 1.55. The van der Waals surface area contributed by atoms with Crippen molar-refractivity contribution in [2.24, 2.45) is 0 Å². The normalized spacial score (nSPS) is 20.4. The van der Waals surface area contributed by atoms with Gasteiger partial charge in [0.1, 0.15) is 0 Å². The number of anilines is 1. The van der Waals surface area contributed by atoms with E-state index in [2.05, 4.69) is 15.3 Å². The van der Waals surface area contributed by atoms with Crippen LogP contribution < -0.4 is 5.32 Å². The van der Waals surface area contributed by atoms with Crippen LogP contribution in [-0.2, 0) is 4.79 Å². The summed E-state index contributed by atoms with van der Waals surface area (Å²) in [5.74, 6) is 1.37. The van der Waals surface area contributed by atoms with Crippen LogP contribution in [0.4, 0.5) is 5.82 Å². The van der Waals surface area contributed by atoms with Crippen LogP contribution in [0.3, 0.4) is 0 Å². The minimum absolute atomic E-state index is 0.0202. The Labute approximate surface area is 103 Å². The lowest BCUT2D eigenvalue weighted by Crippen LogP contribution is -2.28. The fraction of sp³-hybridized carbons (Fsp3) is 0.500. The third kappa shape index (κ3) is 2.86. The van der Waals surface area contributed by atoms with Crippen LogP contribution in [0.25, 0.3) is 0 Å². The first-order valence-corrected chi connectivity index (χ1v) is 6.59. The number of hydrogen-bond donors (Lipinski definition) is 1. The van der Waals surface area contributed by atoms with Crippen molar-refractivity contribution >= 4 is 35.1 Å². The summed E-state index contributed by atoms with van der Waals surface area (Å²) in [7, 11) is 0. The Morgan fingerprint density at radius 3 is 2.94 bits per heavy atom. The van der Waals surface area contributed by atoms with Crippen molar-refractivity contribution in [2.75, 3.05) is 11.1 Å². The molecule has 1 unspecified atom stereocenters. The molecule has 0 bridgehead atoms. The molecule has 1 N–H and O–H groups in total. The van der Waals surface area contributed by atoms with Crippen molar-refractivity contribution < 1.29 is 4.79 Å². The van der Waals surface area contributed by atoms with Crippen LogP contribution in [0.15, 0.2) is 12.4 Å². The van der Waals surface area contributed by atoms with Gasteiger partial charge < -0.3 is 5.32 Å². The van der Waals surface area contributed by atoms with Crippen LogP contribution in [-0.4, -0.2) is 26.9 Å². The van der Waals surface area contributed by atoms with Gasteiger partial charge in [-0.1, -0.05) is 18.0 Å². The fourth-order valence-corrected chi connectivity index (χ4v) is 2.90. The predicted molar refractivity (Wildman–Crippen MR) is 65.8 cm³/mol. The molecule has 16 heavy (non-hydrogen) atoms. The molecular weight excluding hydrogens is 246 g/mol. The average molecular weight is 258 g/mol. The zero-order valence-corrected chi connectivity index (χ0v) is 10.2. The van der Waals surface area contributed by atoms with Crippen molar-refractivity contribution in [1.82, 2.24) is 9.97 Å². The van der Waals surface area contributed by atoms with E-state index in [0.717, 1.165) is 18.6 Å². The van der Waals surface area contributed by atoms with E-state index in [-0.39, 0.29) is 16.3 Å². The predicted octanol–water partition coefficient (Wildman–Crippen LogP) is 2.35. The molecule has 2 rings (SSSR count). The summed E-state index contributed by atoms with van der Waals surface area (Å²) in [5, 5.41) is 2.97. The van der Waals surface area contributed by atoms with Crippen molar-refractivity contribution in [2.45, 2.75) is 24.5 Å². The van der Waals surface area contributed by atoms with Gasteiger partial charge in [0.15, 0.2) is 11.0 Å². The first kappa shape index (κ1) is 11.7. The number of hydrogen-bond acceptors (Lipinski definition) is 4. The van der Waals surface area contributed by atoms with Gasteiger partial charge in [-0.2, -0.15) is 0 Å². The summed E-state index contributed by atoms with van der Waals surface area (Å²) in [6.07, 6.45) is 6.23. The van der Waals surface area contributed by atoms with Gasteiger partial charge in [-0.25, -0.2) is 9.97 Å². The Kier molecular flexibility index (Phi) is 4.01. The third-order valence-electron chi connectivity index (χ3n) is 2.37. The van der Waals surface area contributed by atoms with Gasteiger partial charge in [-0.3, -0.25) is 4.79 Å². The highest BCUT2D eigenvalue weighted by Crippen LogP contribution is 2.26. The van der Waals surface area contributed by atoms with Gasteiger partial charge in [-0.15, -0.1) is 11.8 Å². The number of aromatic nitrogens is 2. The van der Waals surface area contributed by atoms with Crippen LogP contribution in [0.5, 0.6) is 0 Å². The summed E-state index contributed by atoms with van der Waals surface area (Å²) in [6.45, 7) is 0. The van der Waals surface area contributed by atoms with Crippen LogP contribution in [0, 0.1) is 0 Å². The maximum absolute atomic E-state index is 11.9. The van der Waals surface area contributed by atoms with E-state index in [1.807, 2.05) is 0 Å². The Morgan fingerprint density at radius 1 is 1.44 bits per heavy atom. The maximum Gasteiger partial charge on any atom is 0.238 e. The van der Waals surface area contributed by atoms with Gasteiger partial charge in [0.2, 0.25) is 5.91 Å². The first-order chi connectivity index (χ1) is 7.77. The number of carbonyl (C=O) groups excluding carboxylic acids is 1. The van der Waals surface area contributed by atoms with Gasteiger partial charge in [-0.05, 0) is 18.6 Å². The molecule has 1 amide bonds. The number of halogens is 1. The molecule has 1 aromatic heterocycles. The molecule has 1 aromatic rings.